The zero-order valence-electron chi connectivity index (χ0n) is 21.5. The second-order valence-corrected chi connectivity index (χ2v) is 8.94. The van der Waals surface area contributed by atoms with Crippen LogP contribution < -0.4 is 23.7 Å². The van der Waals surface area contributed by atoms with Crippen molar-refractivity contribution in [3.05, 3.63) is 47.0 Å². The Kier molecular flexibility index (Phi) is 7.30. The summed E-state index contributed by atoms with van der Waals surface area (Å²) in [6.07, 6.45) is 0. The van der Waals surface area contributed by atoms with Gasteiger partial charge in [0, 0.05) is 37.3 Å². The summed E-state index contributed by atoms with van der Waals surface area (Å²) in [6.45, 7) is 3.38. The highest BCUT2D eigenvalue weighted by atomic mass is 16.7. The average molecular weight is 527 g/mol. The Labute approximate surface area is 220 Å². The molecule has 2 fully saturated rings. The van der Waals surface area contributed by atoms with Crippen molar-refractivity contribution in [3.63, 3.8) is 0 Å². The molecule has 5 rings (SSSR count). The number of likely N-dealkylation sites (tertiary alicyclic amines) is 1. The summed E-state index contributed by atoms with van der Waals surface area (Å²) in [5.41, 5.74) is 0.705. The van der Waals surface area contributed by atoms with Crippen LogP contribution in [0.3, 0.4) is 0 Å². The number of ketones is 1. The van der Waals surface area contributed by atoms with Crippen molar-refractivity contribution < 1.29 is 43.1 Å². The second-order valence-electron chi connectivity index (χ2n) is 8.94. The molecule has 0 saturated carbocycles. The van der Waals surface area contributed by atoms with Gasteiger partial charge in [-0.05, 0) is 18.2 Å². The van der Waals surface area contributed by atoms with Crippen molar-refractivity contribution in [2.75, 3.05) is 67.5 Å². The lowest BCUT2D eigenvalue weighted by Gasteiger charge is -2.31. The van der Waals surface area contributed by atoms with E-state index in [-0.39, 0.29) is 30.4 Å². The highest BCUT2D eigenvalue weighted by Crippen LogP contribution is 2.54. The second kappa shape index (κ2) is 10.8. The van der Waals surface area contributed by atoms with Gasteiger partial charge in [0.05, 0.1) is 46.2 Å². The van der Waals surface area contributed by atoms with Gasteiger partial charge in [-0.3, -0.25) is 14.5 Å². The molecule has 2 aromatic rings. The number of carbonyl (C=O) groups excluding carboxylic acids is 2. The molecule has 0 aliphatic carbocycles. The van der Waals surface area contributed by atoms with Crippen LogP contribution in [-0.2, 0) is 14.3 Å². The lowest BCUT2D eigenvalue weighted by molar-refractivity contribution is -0.140. The Morgan fingerprint density at radius 3 is 2.47 bits per heavy atom. The minimum atomic E-state index is -0.972. The van der Waals surface area contributed by atoms with E-state index in [2.05, 4.69) is 4.90 Å². The molecule has 202 valence electrons. The van der Waals surface area contributed by atoms with E-state index in [1.165, 1.54) is 26.2 Å². The summed E-state index contributed by atoms with van der Waals surface area (Å²) in [4.78, 5) is 30.6. The van der Waals surface area contributed by atoms with E-state index < -0.39 is 17.7 Å². The van der Waals surface area contributed by atoms with Gasteiger partial charge in [0.1, 0.15) is 11.5 Å². The van der Waals surface area contributed by atoms with E-state index in [1.54, 1.807) is 30.3 Å². The molecule has 3 heterocycles. The maximum Gasteiger partial charge on any atom is 0.295 e. The van der Waals surface area contributed by atoms with Gasteiger partial charge < -0.3 is 38.4 Å². The van der Waals surface area contributed by atoms with Gasteiger partial charge in [-0.25, -0.2) is 0 Å². The first-order valence-electron chi connectivity index (χ1n) is 12.3. The number of hydrogen-bond donors (Lipinski definition) is 1. The van der Waals surface area contributed by atoms with Crippen molar-refractivity contribution >= 4 is 17.4 Å². The summed E-state index contributed by atoms with van der Waals surface area (Å²) in [7, 11) is 4.46. The standard InChI is InChI=1S/C27H30N2O9/c1-33-17-6-4-5-16(13-17)22(30)20-21(18-14-19(34-2)25-26(24(18)35-3)38-15-37-25)29(27(32)23(20)31)8-7-28-9-11-36-12-10-28/h4-6,13-14,21,30H,7-12,15H2,1-3H3. The van der Waals surface area contributed by atoms with E-state index in [4.69, 9.17) is 28.4 Å². The first kappa shape index (κ1) is 25.7. The minimum Gasteiger partial charge on any atom is -0.507 e. The Bertz CT molecular complexity index is 1270. The van der Waals surface area contributed by atoms with Crippen LogP contribution in [0.25, 0.3) is 5.76 Å². The normalized spacial score (nSPS) is 20.6. The molecule has 1 atom stereocenters. The summed E-state index contributed by atoms with van der Waals surface area (Å²) in [6, 6.07) is 7.35. The summed E-state index contributed by atoms with van der Waals surface area (Å²) >= 11 is 0. The van der Waals surface area contributed by atoms with Crippen LogP contribution >= 0.6 is 0 Å². The highest BCUT2D eigenvalue weighted by molar-refractivity contribution is 6.46. The fourth-order valence-corrected chi connectivity index (χ4v) is 5.03. The number of carbonyl (C=O) groups is 2. The SMILES string of the molecule is COc1cccc(C(O)=C2C(=O)C(=O)N(CCN3CCOCC3)C2c2cc(OC)c3c(c2OC)OCO3)c1. The third-order valence-electron chi connectivity index (χ3n) is 6.95. The average Bonchev–Trinajstić information content (AvgIpc) is 3.54. The van der Waals surface area contributed by atoms with E-state index >= 15 is 0 Å². The number of ether oxygens (including phenoxy) is 6. The van der Waals surface area contributed by atoms with Gasteiger partial charge in [-0.2, -0.15) is 0 Å². The Morgan fingerprint density at radius 2 is 1.76 bits per heavy atom. The number of aliphatic hydroxyl groups is 1. The smallest absolute Gasteiger partial charge is 0.295 e. The minimum absolute atomic E-state index is 0.0352. The zero-order valence-corrected chi connectivity index (χ0v) is 21.5. The third-order valence-corrected chi connectivity index (χ3v) is 6.95. The number of morpholine rings is 1. The number of hydrogen-bond acceptors (Lipinski definition) is 10. The van der Waals surface area contributed by atoms with Gasteiger partial charge in [-0.1, -0.05) is 12.1 Å². The Hall–Kier alpha value is -3.96. The molecule has 3 aliphatic rings. The van der Waals surface area contributed by atoms with Crippen molar-refractivity contribution in [3.8, 4) is 28.7 Å². The van der Waals surface area contributed by atoms with Crippen LogP contribution in [0.2, 0.25) is 0 Å². The van der Waals surface area contributed by atoms with Crippen molar-refractivity contribution in [2.24, 2.45) is 0 Å². The molecule has 38 heavy (non-hydrogen) atoms. The van der Waals surface area contributed by atoms with E-state index in [0.29, 0.717) is 53.9 Å². The number of aliphatic hydroxyl groups excluding tert-OH is 1. The van der Waals surface area contributed by atoms with Crippen molar-refractivity contribution in [2.45, 2.75) is 6.04 Å². The van der Waals surface area contributed by atoms with Crippen LogP contribution in [-0.4, -0.2) is 94.1 Å². The van der Waals surface area contributed by atoms with E-state index in [0.717, 1.165) is 13.1 Å². The van der Waals surface area contributed by atoms with Gasteiger partial charge in [0.25, 0.3) is 11.7 Å². The zero-order chi connectivity index (χ0) is 26.8. The van der Waals surface area contributed by atoms with Crippen LogP contribution in [0, 0.1) is 0 Å². The third kappa shape index (κ3) is 4.48. The number of benzene rings is 2. The van der Waals surface area contributed by atoms with Crippen LogP contribution in [0.5, 0.6) is 28.7 Å². The molecule has 11 heteroatoms. The van der Waals surface area contributed by atoms with Gasteiger partial charge in [0.15, 0.2) is 11.5 Å². The Morgan fingerprint density at radius 1 is 1.00 bits per heavy atom. The Balaban J connectivity index is 1.66. The molecule has 1 N–H and O–H groups in total. The summed E-state index contributed by atoms with van der Waals surface area (Å²) in [5.74, 6) is -0.0172. The molecule has 11 nitrogen and oxygen atoms in total. The number of fused-ring (bicyclic) bond motifs is 1. The first-order valence-corrected chi connectivity index (χ1v) is 12.3. The topological polar surface area (TPSA) is 116 Å². The number of rotatable bonds is 8. The van der Waals surface area contributed by atoms with Gasteiger partial charge in [0.2, 0.25) is 18.3 Å². The molecule has 3 aliphatic heterocycles. The van der Waals surface area contributed by atoms with Crippen LogP contribution in [0.4, 0.5) is 0 Å². The molecule has 0 spiro atoms. The van der Waals surface area contributed by atoms with Gasteiger partial charge >= 0.3 is 0 Å². The fourth-order valence-electron chi connectivity index (χ4n) is 5.03. The molecule has 1 unspecified atom stereocenters. The predicted octanol–water partition coefficient (Wildman–Crippen LogP) is 2.20. The molecule has 2 aromatic carbocycles. The lowest BCUT2D eigenvalue weighted by atomic mass is 9.93. The molecule has 0 radical (unpaired) electrons. The fraction of sp³-hybridized carbons (Fsp3) is 0.407. The van der Waals surface area contributed by atoms with E-state index in [9.17, 15) is 14.7 Å². The van der Waals surface area contributed by atoms with Crippen molar-refractivity contribution in [1.29, 1.82) is 0 Å². The number of methoxy groups -OCH3 is 3. The molecule has 1 amide bonds. The molecule has 0 bridgehead atoms. The lowest BCUT2D eigenvalue weighted by Crippen LogP contribution is -2.42. The van der Waals surface area contributed by atoms with E-state index in [1.807, 2.05) is 0 Å². The van der Waals surface area contributed by atoms with Crippen molar-refractivity contribution in [1.82, 2.24) is 9.80 Å². The molecular formula is C27H30N2O9. The maximum absolute atomic E-state index is 13.5. The maximum atomic E-state index is 13.5. The number of nitrogens with zero attached hydrogens (tertiary/aromatic N) is 2. The van der Waals surface area contributed by atoms with Gasteiger partial charge in [-0.15, -0.1) is 0 Å². The monoisotopic (exact) mass is 526 g/mol. The molecular weight excluding hydrogens is 496 g/mol. The molecule has 0 aromatic heterocycles. The summed E-state index contributed by atoms with van der Waals surface area (Å²) < 4.78 is 33.3. The largest absolute Gasteiger partial charge is 0.507 e. The predicted molar refractivity (Wildman–Crippen MR) is 135 cm³/mol. The van der Waals surface area contributed by atoms with Crippen LogP contribution in [0.15, 0.2) is 35.9 Å². The molecule has 2 saturated heterocycles. The number of amides is 1. The quantitative estimate of drug-likeness (QED) is 0.312. The first-order chi connectivity index (χ1) is 18.5. The summed E-state index contributed by atoms with van der Waals surface area (Å²) in [5, 5.41) is 11.4. The highest BCUT2D eigenvalue weighted by Gasteiger charge is 2.48. The number of Topliss-reactive ketones (excluding diaryl/α,β-unsaturated/α-hetero) is 1. The van der Waals surface area contributed by atoms with Crippen LogP contribution in [0.1, 0.15) is 17.2 Å².